The van der Waals surface area contributed by atoms with E-state index in [-0.39, 0.29) is 5.56 Å². The van der Waals surface area contributed by atoms with Crippen LogP contribution in [0.3, 0.4) is 0 Å². The normalized spacial score (nSPS) is 13.8. The van der Waals surface area contributed by atoms with E-state index in [2.05, 4.69) is 24.0 Å². The Bertz CT molecular complexity index is 1020. The number of aromatic amines is 1. The van der Waals surface area contributed by atoms with Crippen LogP contribution in [0.1, 0.15) is 27.2 Å². The van der Waals surface area contributed by atoms with Crippen molar-refractivity contribution < 1.29 is 13.6 Å². The number of para-hydroxylation sites is 1. The second-order valence-corrected chi connectivity index (χ2v) is 6.20. The van der Waals surface area contributed by atoms with Crippen molar-refractivity contribution in [2.24, 2.45) is 0 Å². The number of amides is 1. The number of carbonyl (C=O) groups is 1. The van der Waals surface area contributed by atoms with Crippen LogP contribution in [0.4, 0.5) is 8.78 Å². The molecule has 1 aliphatic heterocycles. The average Bonchev–Trinajstić information content (AvgIpc) is 2.81. The molecule has 0 spiro atoms. The highest BCUT2D eigenvalue weighted by atomic mass is 19.1. The topological polar surface area (TPSA) is 36.1 Å². The number of aryl methyl sites for hydroxylation is 1. The number of benzene rings is 2. The Hall–Kier alpha value is -2.95. The first kappa shape index (κ1) is 15.6. The van der Waals surface area contributed by atoms with Gasteiger partial charge in [-0.3, -0.25) is 4.79 Å². The summed E-state index contributed by atoms with van der Waals surface area (Å²) in [6.07, 6.45) is 4.14. The fourth-order valence-electron chi connectivity index (χ4n) is 3.31. The van der Waals surface area contributed by atoms with Crippen LogP contribution in [-0.4, -0.2) is 22.3 Å². The summed E-state index contributed by atoms with van der Waals surface area (Å²) in [5.74, 6) is -2.01. The molecule has 0 unspecified atom stereocenters. The molecule has 4 rings (SSSR count). The summed E-state index contributed by atoms with van der Waals surface area (Å²) >= 11 is 0. The third kappa shape index (κ3) is 2.61. The van der Waals surface area contributed by atoms with Gasteiger partial charge in [0.05, 0.1) is 5.56 Å². The third-order valence-corrected chi connectivity index (χ3v) is 4.63. The Kier molecular flexibility index (Phi) is 3.64. The van der Waals surface area contributed by atoms with E-state index in [0.29, 0.717) is 13.0 Å². The summed E-state index contributed by atoms with van der Waals surface area (Å²) in [7, 11) is 0. The van der Waals surface area contributed by atoms with Gasteiger partial charge in [-0.25, -0.2) is 8.78 Å². The summed E-state index contributed by atoms with van der Waals surface area (Å²) in [6.45, 7) is 2.48. The van der Waals surface area contributed by atoms with Crippen molar-refractivity contribution in [2.45, 2.75) is 13.3 Å². The molecular formula is C20H16F2N2O. The fraction of sp³-hybridized carbons (Fsp3) is 0.150. The maximum atomic E-state index is 13.9. The second-order valence-electron chi connectivity index (χ2n) is 6.20. The monoisotopic (exact) mass is 338 g/mol. The predicted octanol–water partition coefficient (Wildman–Crippen LogP) is 4.42. The van der Waals surface area contributed by atoms with Crippen molar-refractivity contribution in [3.63, 3.8) is 0 Å². The van der Waals surface area contributed by atoms with Gasteiger partial charge in [0.15, 0.2) is 0 Å². The highest BCUT2D eigenvalue weighted by Crippen LogP contribution is 2.28. The summed E-state index contributed by atoms with van der Waals surface area (Å²) in [6, 6.07) is 9.13. The average molecular weight is 338 g/mol. The number of halogens is 2. The number of rotatable bonds is 1. The minimum atomic E-state index is -0.845. The molecule has 0 radical (unpaired) electrons. The quantitative estimate of drug-likeness (QED) is 0.700. The van der Waals surface area contributed by atoms with Gasteiger partial charge < -0.3 is 9.88 Å². The summed E-state index contributed by atoms with van der Waals surface area (Å²) in [5.41, 5.74) is 4.24. The number of aromatic nitrogens is 1. The first-order chi connectivity index (χ1) is 12.0. The van der Waals surface area contributed by atoms with E-state index in [0.717, 1.165) is 34.3 Å². The summed E-state index contributed by atoms with van der Waals surface area (Å²) in [4.78, 5) is 17.4. The van der Waals surface area contributed by atoms with Crippen molar-refractivity contribution in [1.29, 1.82) is 0 Å². The molecule has 1 aliphatic rings. The fourth-order valence-corrected chi connectivity index (χ4v) is 3.31. The van der Waals surface area contributed by atoms with Crippen LogP contribution in [0.5, 0.6) is 0 Å². The first-order valence-electron chi connectivity index (χ1n) is 8.09. The highest BCUT2D eigenvalue weighted by molar-refractivity contribution is 5.96. The maximum Gasteiger partial charge on any atom is 0.260 e. The van der Waals surface area contributed by atoms with Gasteiger partial charge in [-0.2, -0.15) is 0 Å². The van der Waals surface area contributed by atoms with Gasteiger partial charge in [0.2, 0.25) is 0 Å². The molecule has 0 saturated heterocycles. The molecule has 0 bridgehead atoms. The molecule has 3 nitrogen and oxygen atoms in total. The molecule has 1 amide bonds. The summed E-state index contributed by atoms with van der Waals surface area (Å²) < 4.78 is 26.9. The van der Waals surface area contributed by atoms with Crippen molar-refractivity contribution in [2.75, 3.05) is 6.54 Å². The van der Waals surface area contributed by atoms with Crippen molar-refractivity contribution >= 4 is 22.9 Å². The molecule has 2 aromatic carbocycles. The number of hydrogen-bond acceptors (Lipinski definition) is 1. The Balaban J connectivity index is 1.68. The first-order valence-corrected chi connectivity index (χ1v) is 8.09. The van der Waals surface area contributed by atoms with Gasteiger partial charge in [0, 0.05) is 35.4 Å². The number of fused-ring (bicyclic) bond motifs is 3. The van der Waals surface area contributed by atoms with Crippen LogP contribution >= 0.6 is 0 Å². The lowest BCUT2D eigenvalue weighted by molar-refractivity contribution is 0.0820. The molecule has 25 heavy (non-hydrogen) atoms. The molecule has 3 aromatic rings. The Morgan fingerprint density at radius 3 is 2.84 bits per heavy atom. The van der Waals surface area contributed by atoms with E-state index in [4.69, 9.17) is 0 Å². The maximum absolute atomic E-state index is 13.9. The van der Waals surface area contributed by atoms with Gasteiger partial charge in [-0.15, -0.1) is 0 Å². The molecule has 0 aliphatic carbocycles. The largest absolute Gasteiger partial charge is 0.355 e. The van der Waals surface area contributed by atoms with E-state index in [9.17, 15) is 13.6 Å². The molecule has 1 N–H and O–H groups in total. The van der Waals surface area contributed by atoms with Gasteiger partial charge in [0.1, 0.15) is 11.6 Å². The Labute approximate surface area is 143 Å². The molecule has 2 heterocycles. The van der Waals surface area contributed by atoms with Gasteiger partial charge in [0.25, 0.3) is 5.91 Å². The van der Waals surface area contributed by atoms with Crippen LogP contribution in [-0.2, 0) is 6.42 Å². The number of nitrogens with one attached hydrogen (secondary N) is 1. The van der Waals surface area contributed by atoms with Crippen molar-refractivity contribution in [3.8, 4) is 0 Å². The molecule has 0 fully saturated rings. The number of carbonyl (C=O) groups excluding carboxylic acids is 1. The van der Waals surface area contributed by atoms with Crippen LogP contribution in [0, 0.1) is 18.6 Å². The smallest absolute Gasteiger partial charge is 0.260 e. The van der Waals surface area contributed by atoms with E-state index >= 15 is 0 Å². The third-order valence-electron chi connectivity index (χ3n) is 4.63. The SMILES string of the molecule is Cc1cccc2c3c([nH]c12)C=CN(C(=O)c1ccc(F)cc1F)CC3. The zero-order valence-electron chi connectivity index (χ0n) is 13.6. The highest BCUT2D eigenvalue weighted by Gasteiger charge is 2.21. The lowest BCUT2D eigenvalue weighted by Gasteiger charge is -2.17. The number of hydrogen-bond donors (Lipinski definition) is 1. The summed E-state index contributed by atoms with van der Waals surface area (Å²) in [5, 5.41) is 1.14. The van der Waals surface area contributed by atoms with E-state index in [1.165, 1.54) is 16.5 Å². The zero-order chi connectivity index (χ0) is 17.6. The van der Waals surface area contributed by atoms with Gasteiger partial charge >= 0.3 is 0 Å². The van der Waals surface area contributed by atoms with Gasteiger partial charge in [-0.1, -0.05) is 18.2 Å². The standard InChI is InChI=1S/C20H16F2N2O/c1-12-3-2-4-15-14-7-9-24(10-8-18(14)23-19(12)15)20(25)16-6-5-13(21)11-17(16)22/h2-6,8,10-11,23H,7,9H2,1H3. The second kappa shape index (κ2) is 5.84. The van der Waals surface area contributed by atoms with Crippen LogP contribution < -0.4 is 0 Å². The minimum absolute atomic E-state index is 0.127. The van der Waals surface area contributed by atoms with Crippen LogP contribution in [0.25, 0.3) is 17.0 Å². The molecule has 1 aromatic heterocycles. The predicted molar refractivity (Wildman–Crippen MR) is 93.2 cm³/mol. The molecule has 5 heteroatoms. The Morgan fingerprint density at radius 2 is 2.04 bits per heavy atom. The van der Waals surface area contributed by atoms with E-state index in [1.54, 1.807) is 6.20 Å². The van der Waals surface area contributed by atoms with E-state index in [1.807, 2.05) is 12.1 Å². The molecule has 0 atom stereocenters. The molecule has 126 valence electrons. The van der Waals surface area contributed by atoms with Crippen LogP contribution in [0.2, 0.25) is 0 Å². The van der Waals surface area contributed by atoms with Gasteiger partial charge in [-0.05, 0) is 42.7 Å². The molecule has 0 saturated carbocycles. The number of H-pyrrole nitrogens is 1. The lowest BCUT2D eigenvalue weighted by atomic mass is 10.1. The Morgan fingerprint density at radius 1 is 1.20 bits per heavy atom. The number of nitrogens with zero attached hydrogens (tertiary/aromatic N) is 1. The van der Waals surface area contributed by atoms with Crippen LogP contribution in [0.15, 0.2) is 42.6 Å². The van der Waals surface area contributed by atoms with Crippen molar-refractivity contribution in [3.05, 3.63) is 76.6 Å². The molecular weight excluding hydrogens is 322 g/mol. The lowest BCUT2D eigenvalue weighted by Crippen LogP contribution is -2.28. The van der Waals surface area contributed by atoms with E-state index < -0.39 is 17.5 Å². The van der Waals surface area contributed by atoms with Crippen molar-refractivity contribution in [1.82, 2.24) is 9.88 Å². The zero-order valence-corrected chi connectivity index (χ0v) is 13.6. The minimum Gasteiger partial charge on any atom is -0.355 e.